The molecular formula is C18H29NO3. The number of amides is 1. The topological polar surface area (TPSA) is 38.8 Å². The van der Waals surface area contributed by atoms with Crippen molar-refractivity contribution in [2.24, 2.45) is 23.2 Å². The summed E-state index contributed by atoms with van der Waals surface area (Å²) in [5, 5.41) is 0. The van der Waals surface area contributed by atoms with Crippen LogP contribution < -0.4 is 0 Å². The van der Waals surface area contributed by atoms with Gasteiger partial charge < -0.3 is 14.4 Å². The van der Waals surface area contributed by atoms with Gasteiger partial charge in [-0.05, 0) is 31.1 Å². The summed E-state index contributed by atoms with van der Waals surface area (Å²) < 4.78 is 12.1. The zero-order chi connectivity index (χ0) is 15.4. The minimum absolute atomic E-state index is 0.112. The molecule has 2 aliphatic carbocycles. The Morgan fingerprint density at radius 2 is 1.73 bits per heavy atom. The zero-order valence-electron chi connectivity index (χ0n) is 14.0. The third-order valence-corrected chi connectivity index (χ3v) is 6.34. The van der Waals surface area contributed by atoms with Crippen LogP contribution >= 0.6 is 0 Å². The van der Waals surface area contributed by atoms with E-state index < -0.39 is 5.79 Å². The second kappa shape index (κ2) is 5.20. The molecular weight excluding hydrogens is 278 g/mol. The minimum Gasteiger partial charge on any atom is -0.349 e. The molecule has 4 aliphatic rings. The summed E-state index contributed by atoms with van der Waals surface area (Å²) in [7, 11) is 0. The van der Waals surface area contributed by atoms with Gasteiger partial charge in [0.15, 0.2) is 5.79 Å². The molecule has 1 spiro atoms. The van der Waals surface area contributed by atoms with Gasteiger partial charge in [0.05, 0.1) is 13.2 Å². The Morgan fingerprint density at radius 3 is 2.27 bits per heavy atom. The lowest BCUT2D eigenvalue weighted by Crippen LogP contribution is -2.55. The van der Waals surface area contributed by atoms with Gasteiger partial charge in [0.25, 0.3) is 0 Å². The molecule has 2 heterocycles. The number of nitrogens with zero attached hydrogens (tertiary/aromatic N) is 1. The van der Waals surface area contributed by atoms with Crippen LogP contribution in [0.15, 0.2) is 0 Å². The normalized spacial score (nSPS) is 39.4. The molecule has 0 aromatic heterocycles. The van der Waals surface area contributed by atoms with E-state index in [0.29, 0.717) is 17.7 Å². The van der Waals surface area contributed by atoms with Crippen LogP contribution in [0.3, 0.4) is 0 Å². The van der Waals surface area contributed by atoms with Crippen molar-refractivity contribution in [2.75, 3.05) is 26.3 Å². The summed E-state index contributed by atoms with van der Waals surface area (Å²) in [4.78, 5) is 14.9. The Labute approximate surface area is 133 Å². The fourth-order valence-corrected chi connectivity index (χ4v) is 4.88. The van der Waals surface area contributed by atoms with Gasteiger partial charge in [-0.25, -0.2) is 0 Å². The first-order valence-electron chi connectivity index (χ1n) is 9.03. The van der Waals surface area contributed by atoms with Crippen molar-refractivity contribution in [3.05, 3.63) is 0 Å². The molecule has 0 aromatic carbocycles. The van der Waals surface area contributed by atoms with E-state index >= 15 is 0 Å². The molecule has 3 atom stereocenters. The van der Waals surface area contributed by atoms with Crippen LogP contribution in [0, 0.1) is 23.2 Å². The highest BCUT2D eigenvalue weighted by Gasteiger charge is 2.47. The lowest BCUT2D eigenvalue weighted by molar-refractivity contribution is -0.312. The van der Waals surface area contributed by atoms with Gasteiger partial charge >= 0.3 is 0 Å². The van der Waals surface area contributed by atoms with E-state index in [1.807, 2.05) is 0 Å². The standard InChI is InChI=1S/C18H29NO3/c1-17(2)11-21-18(22-12-17)5-7-19(8-6-18)16(20)15-10-13-3-4-14(15)9-13/h13-15H,3-12H2,1-2H3/t13-,14-,15-/m0/s1. The average Bonchev–Trinajstić information content (AvgIpc) is 3.14. The van der Waals surface area contributed by atoms with Gasteiger partial charge in [-0.1, -0.05) is 20.3 Å². The van der Waals surface area contributed by atoms with Crippen LogP contribution in [0.2, 0.25) is 0 Å². The minimum atomic E-state index is -0.416. The summed E-state index contributed by atoms with van der Waals surface area (Å²) in [6.07, 6.45) is 6.74. The van der Waals surface area contributed by atoms with Crippen LogP contribution in [0.5, 0.6) is 0 Å². The third kappa shape index (κ3) is 2.58. The molecule has 4 fully saturated rings. The van der Waals surface area contributed by atoms with E-state index in [4.69, 9.17) is 9.47 Å². The molecule has 2 bridgehead atoms. The van der Waals surface area contributed by atoms with Crippen molar-refractivity contribution in [1.29, 1.82) is 0 Å². The first-order chi connectivity index (χ1) is 10.5. The van der Waals surface area contributed by atoms with Gasteiger partial charge in [0.2, 0.25) is 5.91 Å². The molecule has 22 heavy (non-hydrogen) atoms. The number of fused-ring (bicyclic) bond motifs is 2. The monoisotopic (exact) mass is 307 g/mol. The lowest BCUT2D eigenvalue weighted by Gasteiger charge is -2.47. The zero-order valence-corrected chi connectivity index (χ0v) is 14.0. The number of hydrogen-bond acceptors (Lipinski definition) is 3. The SMILES string of the molecule is CC1(C)COC2(CCN(C(=O)[C@H]3C[C@H]4CC[C@H]3C4)CC2)OC1. The second-order valence-electron chi connectivity index (χ2n) is 8.76. The predicted octanol–water partition coefficient (Wildman–Crippen LogP) is 2.81. The number of rotatable bonds is 1. The maximum Gasteiger partial charge on any atom is 0.225 e. The number of carbonyl (C=O) groups excluding carboxylic acids is 1. The number of likely N-dealkylation sites (tertiary alicyclic amines) is 1. The summed E-state index contributed by atoms with van der Waals surface area (Å²) in [6.45, 7) is 7.46. The summed E-state index contributed by atoms with van der Waals surface area (Å²) in [5.41, 5.74) is 0.112. The smallest absolute Gasteiger partial charge is 0.225 e. The summed E-state index contributed by atoms with van der Waals surface area (Å²) in [6, 6.07) is 0. The van der Waals surface area contributed by atoms with Crippen molar-refractivity contribution in [2.45, 2.75) is 58.2 Å². The molecule has 0 N–H and O–H groups in total. The highest BCUT2D eigenvalue weighted by atomic mass is 16.7. The van der Waals surface area contributed by atoms with E-state index in [1.165, 1.54) is 19.3 Å². The quantitative estimate of drug-likeness (QED) is 0.748. The Balaban J connectivity index is 1.33. The van der Waals surface area contributed by atoms with E-state index in [-0.39, 0.29) is 5.41 Å². The van der Waals surface area contributed by atoms with Crippen molar-refractivity contribution >= 4 is 5.91 Å². The van der Waals surface area contributed by atoms with E-state index in [2.05, 4.69) is 18.7 Å². The first-order valence-corrected chi connectivity index (χ1v) is 9.03. The van der Waals surface area contributed by atoms with Crippen molar-refractivity contribution < 1.29 is 14.3 Å². The molecule has 0 unspecified atom stereocenters. The van der Waals surface area contributed by atoms with Crippen molar-refractivity contribution in [3.63, 3.8) is 0 Å². The van der Waals surface area contributed by atoms with Crippen LogP contribution in [-0.2, 0) is 14.3 Å². The number of piperidine rings is 1. The fraction of sp³-hybridized carbons (Fsp3) is 0.944. The molecule has 0 aromatic rings. The average molecular weight is 307 g/mol. The number of ether oxygens (including phenoxy) is 2. The Morgan fingerprint density at radius 1 is 1.05 bits per heavy atom. The maximum atomic E-state index is 12.8. The highest BCUT2D eigenvalue weighted by Crippen LogP contribution is 2.49. The first kappa shape index (κ1) is 14.9. The second-order valence-corrected chi connectivity index (χ2v) is 8.76. The van der Waals surface area contributed by atoms with Crippen LogP contribution in [0.25, 0.3) is 0 Å². The molecule has 2 saturated carbocycles. The van der Waals surface area contributed by atoms with Gasteiger partial charge in [-0.2, -0.15) is 0 Å². The van der Waals surface area contributed by atoms with E-state index in [9.17, 15) is 4.79 Å². The lowest BCUT2D eigenvalue weighted by atomic mass is 9.87. The van der Waals surface area contributed by atoms with Crippen molar-refractivity contribution in [1.82, 2.24) is 4.90 Å². The Bertz CT molecular complexity index is 441. The van der Waals surface area contributed by atoms with Gasteiger partial charge in [0, 0.05) is 37.3 Å². The third-order valence-electron chi connectivity index (χ3n) is 6.34. The van der Waals surface area contributed by atoms with Crippen LogP contribution in [-0.4, -0.2) is 42.9 Å². The molecule has 4 rings (SSSR count). The molecule has 0 radical (unpaired) electrons. The highest BCUT2D eigenvalue weighted by molar-refractivity contribution is 5.79. The fourth-order valence-electron chi connectivity index (χ4n) is 4.88. The molecule has 124 valence electrons. The molecule has 2 saturated heterocycles. The molecule has 2 aliphatic heterocycles. The molecule has 1 amide bonds. The summed E-state index contributed by atoms with van der Waals surface area (Å²) >= 11 is 0. The van der Waals surface area contributed by atoms with Gasteiger partial charge in [-0.3, -0.25) is 4.79 Å². The molecule has 4 nitrogen and oxygen atoms in total. The van der Waals surface area contributed by atoms with Crippen molar-refractivity contribution in [3.8, 4) is 0 Å². The van der Waals surface area contributed by atoms with Gasteiger partial charge in [0.1, 0.15) is 0 Å². The maximum absolute atomic E-state index is 12.8. The molecule has 4 heteroatoms. The number of carbonyl (C=O) groups is 1. The Hall–Kier alpha value is -0.610. The van der Waals surface area contributed by atoms with E-state index in [1.54, 1.807) is 0 Å². The van der Waals surface area contributed by atoms with Crippen LogP contribution in [0.4, 0.5) is 0 Å². The Kier molecular flexibility index (Phi) is 3.53. The largest absolute Gasteiger partial charge is 0.349 e. The van der Waals surface area contributed by atoms with Gasteiger partial charge in [-0.15, -0.1) is 0 Å². The summed E-state index contributed by atoms with van der Waals surface area (Å²) in [5.74, 6) is 1.83. The predicted molar refractivity (Wildman–Crippen MR) is 83.2 cm³/mol. The van der Waals surface area contributed by atoms with Crippen LogP contribution in [0.1, 0.15) is 52.4 Å². The number of hydrogen-bond donors (Lipinski definition) is 0. The van der Waals surface area contributed by atoms with E-state index in [0.717, 1.165) is 51.5 Å².